The molecular weight excluding hydrogens is 154 g/mol. The van der Waals surface area contributed by atoms with Crippen molar-refractivity contribution in [2.75, 3.05) is 11.9 Å². The molecule has 12 heavy (non-hydrogen) atoms. The zero-order valence-electron chi connectivity index (χ0n) is 6.87. The van der Waals surface area contributed by atoms with Crippen LogP contribution in [-0.4, -0.2) is 17.8 Å². The summed E-state index contributed by atoms with van der Waals surface area (Å²) in [6.07, 6.45) is 0. The maximum atomic E-state index is 9.38. The zero-order chi connectivity index (χ0) is 8.55. The molecule has 1 aliphatic heterocycles. The minimum absolute atomic E-state index is 0.201. The summed E-state index contributed by atoms with van der Waals surface area (Å²) in [5, 5.41) is 12.6. The minimum Gasteiger partial charge on any atom is -0.504 e. The number of benzene rings is 1. The number of para-hydroxylation sites is 1. The van der Waals surface area contributed by atoms with Gasteiger partial charge in [0.2, 0.25) is 0 Å². The molecule has 64 valence electrons. The maximum Gasteiger partial charge on any atom is 0.184 e. The van der Waals surface area contributed by atoms with Gasteiger partial charge in [-0.3, -0.25) is 0 Å². The number of fused-ring (bicyclic) bond motifs is 1. The van der Waals surface area contributed by atoms with E-state index in [4.69, 9.17) is 4.74 Å². The van der Waals surface area contributed by atoms with Crippen molar-refractivity contribution in [3.8, 4) is 11.5 Å². The molecule has 1 unspecified atom stereocenters. The van der Waals surface area contributed by atoms with Gasteiger partial charge >= 0.3 is 0 Å². The van der Waals surface area contributed by atoms with Crippen molar-refractivity contribution in [3.63, 3.8) is 0 Å². The molecular formula is C9H11NO2. The Balaban J connectivity index is 2.42. The van der Waals surface area contributed by atoms with Crippen molar-refractivity contribution in [2.24, 2.45) is 0 Å². The van der Waals surface area contributed by atoms with E-state index in [1.54, 1.807) is 12.1 Å². The highest BCUT2D eigenvalue weighted by Crippen LogP contribution is 2.36. The van der Waals surface area contributed by atoms with Gasteiger partial charge in [0.25, 0.3) is 0 Å². The standard InChI is InChI=1S/C9H11NO2/c1-6-5-12-9-7(10-6)3-2-4-8(9)11/h2-4,6,10-11H,5H2,1H3. The molecule has 2 N–H and O–H groups in total. The highest BCUT2D eigenvalue weighted by atomic mass is 16.5. The van der Waals surface area contributed by atoms with Crippen LogP contribution in [0, 0.1) is 0 Å². The van der Waals surface area contributed by atoms with Gasteiger partial charge in [0.15, 0.2) is 11.5 Å². The Morgan fingerprint density at radius 3 is 3.25 bits per heavy atom. The van der Waals surface area contributed by atoms with Crippen LogP contribution in [0.2, 0.25) is 0 Å². The lowest BCUT2D eigenvalue weighted by Gasteiger charge is -2.24. The summed E-state index contributed by atoms with van der Waals surface area (Å²) >= 11 is 0. The molecule has 0 radical (unpaired) electrons. The quantitative estimate of drug-likeness (QED) is 0.613. The third-order valence-electron chi connectivity index (χ3n) is 1.87. The van der Waals surface area contributed by atoms with Gasteiger partial charge in [0, 0.05) is 0 Å². The number of aromatic hydroxyl groups is 1. The minimum atomic E-state index is 0.201. The molecule has 0 saturated heterocycles. The van der Waals surface area contributed by atoms with Gasteiger partial charge in [-0.05, 0) is 19.1 Å². The predicted molar refractivity (Wildman–Crippen MR) is 46.7 cm³/mol. The Hall–Kier alpha value is -1.38. The number of hydrogen-bond acceptors (Lipinski definition) is 3. The van der Waals surface area contributed by atoms with Gasteiger partial charge in [0.05, 0.1) is 11.7 Å². The van der Waals surface area contributed by atoms with E-state index >= 15 is 0 Å². The largest absolute Gasteiger partial charge is 0.504 e. The second kappa shape index (κ2) is 2.59. The first-order valence-corrected chi connectivity index (χ1v) is 3.98. The van der Waals surface area contributed by atoms with Crippen molar-refractivity contribution >= 4 is 5.69 Å². The van der Waals surface area contributed by atoms with Crippen molar-refractivity contribution in [1.29, 1.82) is 0 Å². The maximum absolute atomic E-state index is 9.38. The topological polar surface area (TPSA) is 41.5 Å². The number of phenolic OH excluding ortho intramolecular Hbond substituents is 1. The van der Waals surface area contributed by atoms with E-state index in [-0.39, 0.29) is 5.75 Å². The number of hydrogen-bond donors (Lipinski definition) is 2. The van der Waals surface area contributed by atoms with Crippen LogP contribution < -0.4 is 10.1 Å². The summed E-state index contributed by atoms with van der Waals surface area (Å²) in [6, 6.07) is 5.61. The van der Waals surface area contributed by atoms with E-state index in [0.717, 1.165) is 5.69 Å². The predicted octanol–water partition coefficient (Wildman–Crippen LogP) is 1.58. The Morgan fingerprint density at radius 2 is 2.42 bits per heavy atom. The third kappa shape index (κ3) is 1.07. The number of phenols is 1. The van der Waals surface area contributed by atoms with Crippen molar-refractivity contribution in [1.82, 2.24) is 0 Å². The van der Waals surface area contributed by atoms with E-state index in [9.17, 15) is 5.11 Å². The summed E-state index contributed by atoms with van der Waals surface area (Å²) in [5.41, 5.74) is 0.869. The lowest BCUT2D eigenvalue weighted by Crippen LogP contribution is -2.28. The van der Waals surface area contributed by atoms with Crippen LogP contribution in [0.15, 0.2) is 18.2 Å². The average Bonchev–Trinajstić information content (AvgIpc) is 2.04. The molecule has 3 heteroatoms. The zero-order valence-corrected chi connectivity index (χ0v) is 6.87. The van der Waals surface area contributed by atoms with E-state index in [1.807, 2.05) is 13.0 Å². The number of rotatable bonds is 0. The SMILES string of the molecule is CC1COc2c(O)cccc2N1. The highest BCUT2D eigenvalue weighted by molar-refractivity contribution is 5.64. The first kappa shape index (κ1) is 7.28. The fraction of sp³-hybridized carbons (Fsp3) is 0.333. The average molecular weight is 165 g/mol. The Bertz CT molecular complexity index is 299. The molecule has 0 aromatic heterocycles. The van der Waals surface area contributed by atoms with Gasteiger partial charge in [0.1, 0.15) is 6.61 Å². The Kier molecular flexibility index (Phi) is 1.57. The van der Waals surface area contributed by atoms with E-state index in [1.165, 1.54) is 0 Å². The van der Waals surface area contributed by atoms with Crippen LogP contribution in [0.3, 0.4) is 0 Å². The smallest absolute Gasteiger partial charge is 0.184 e. The van der Waals surface area contributed by atoms with E-state index in [2.05, 4.69) is 5.32 Å². The summed E-state index contributed by atoms with van der Waals surface area (Å²) in [4.78, 5) is 0. The molecule has 3 nitrogen and oxygen atoms in total. The van der Waals surface area contributed by atoms with Gasteiger partial charge in [-0.25, -0.2) is 0 Å². The number of ether oxygens (including phenoxy) is 1. The summed E-state index contributed by atoms with van der Waals surface area (Å²) < 4.78 is 5.35. The van der Waals surface area contributed by atoms with Gasteiger partial charge in [-0.15, -0.1) is 0 Å². The normalized spacial score (nSPS) is 20.6. The highest BCUT2D eigenvalue weighted by Gasteiger charge is 2.17. The third-order valence-corrected chi connectivity index (χ3v) is 1.87. The summed E-state index contributed by atoms with van der Waals surface area (Å²) in [6.45, 7) is 2.64. The molecule has 1 aromatic carbocycles. The monoisotopic (exact) mass is 165 g/mol. The van der Waals surface area contributed by atoms with Gasteiger partial charge in [-0.2, -0.15) is 0 Å². The Morgan fingerprint density at radius 1 is 1.58 bits per heavy atom. The van der Waals surface area contributed by atoms with E-state index in [0.29, 0.717) is 18.4 Å². The molecule has 1 heterocycles. The van der Waals surface area contributed by atoms with E-state index < -0.39 is 0 Å². The second-order valence-corrected chi connectivity index (χ2v) is 3.01. The van der Waals surface area contributed by atoms with Crippen LogP contribution in [0.1, 0.15) is 6.92 Å². The molecule has 1 aromatic rings. The van der Waals surface area contributed by atoms with Crippen LogP contribution in [0.4, 0.5) is 5.69 Å². The van der Waals surface area contributed by atoms with Crippen molar-refractivity contribution in [2.45, 2.75) is 13.0 Å². The van der Waals surface area contributed by atoms with Crippen LogP contribution in [-0.2, 0) is 0 Å². The number of anilines is 1. The molecule has 0 bridgehead atoms. The lowest BCUT2D eigenvalue weighted by molar-refractivity contribution is 0.277. The molecule has 0 fully saturated rings. The van der Waals surface area contributed by atoms with Crippen molar-refractivity contribution < 1.29 is 9.84 Å². The lowest BCUT2D eigenvalue weighted by atomic mass is 10.2. The van der Waals surface area contributed by atoms with Crippen LogP contribution >= 0.6 is 0 Å². The Labute approximate surface area is 71.0 Å². The first-order valence-electron chi connectivity index (χ1n) is 3.98. The molecule has 2 rings (SSSR count). The van der Waals surface area contributed by atoms with Crippen LogP contribution in [0.5, 0.6) is 11.5 Å². The molecule has 0 spiro atoms. The fourth-order valence-electron chi connectivity index (χ4n) is 1.31. The fourth-order valence-corrected chi connectivity index (χ4v) is 1.31. The van der Waals surface area contributed by atoms with Gasteiger partial charge < -0.3 is 15.2 Å². The molecule has 1 atom stereocenters. The molecule has 0 saturated carbocycles. The van der Waals surface area contributed by atoms with Crippen molar-refractivity contribution in [3.05, 3.63) is 18.2 Å². The molecule has 0 aliphatic carbocycles. The summed E-state index contributed by atoms with van der Waals surface area (Å²) in [7, 11) is 0. The first-order chi connectivity index (χ1) is 5.77. The van der Waals surface area contributed by atoms with Crippen LogP contribution in [0.25, 0.3) is 0 Å². The van der Waals surface area contributed by atoms with Gasteiger partial charge in [-0.1, -0.05) is 6.07 Å². The number of nitrogens with one attached hydrogen (secondary N) is 1. The summed E-state index contributed by atoms with van der Waals surface area (Å²) in [5.74, 6) is 0.766. The molecule has 1 aliphatic rings. The second-order valence-electron chi connectivity index (χ2n) is 3.01. The molecule has 0 amide bonds.